The van der Waals surface area contributed by atoms with Gasteiger partial charge in [0.1, 0.15) is 0 Å². The fourth-order valence-electron chi connectivity index (χ4n) is 1.62. The number of carboxylic acid groups (broad SMARTS) is 1. The Morgan fingerprint density at radius 2 is 2.24 bits per heavy atom. The van der Waals surface area contributed by atoms with Gasteiger partial charge >= 0.3 is 5.97 Å². The number of nitrogens with zero attached hydrogens (tertiary/aromatic N) is 1. The number of carboxylic acids is 1. The number of nitriles is 1. The Kier molecular flexibility index (Phi) is 2.64. The summed E-state index contributed by atoms with van der Waals surface area (Å²) in [5.74, 6) is 0.105. The Morgan fingerprint density at radius 3 is 2.88 bits per heavy atom. The first kappa shape index (κ1) is 11.3. The fraction of sp³-hybridized carbons (Fsp3) is 0.333. The average molecular weight is 233 g/mol. The molecule has 0 spiro atoms. The van der Waals surface area contributed by atoms with Crippen molar-refractivity contribution in [2.45, 2.75) is 13.3 Å². The summed E-state index contributed by atoms with van der Waals surface area (Å²) >= 11 is 0. The SMILES string of the molecule is CC(C#N)(Cc1ccc2c(c1)OCO2)C(=O)O. The standard InChI is InChI=1S/C12H11NO4/c1-12(6-13,11(14)15)5-8-2-3-9-10(4-8)17-7-16-9/h2-4H,5,7H2,1H3,(H,14,15). The van der Waals surface area contributed by atoms with Crippen LogP contribution in [0.4, 0.5) is 0 Å². The van der Waals surface area contributed by atoms with Crippen molar-refractivity contribution >= 4 is 5.97 Å². The number of hydrogen-bond donors (Lipinski definition) is 1. The van der Waals surface area contributed by atoms with E-state index in [-0.39, 0.29) is 13.2 Å². The molecule has 0 amide bonds. The molecule has 17 heavy (non-hydrogen) atoms. The first-order valence-corrected chi connectivity index (χ1v) is 5.08. The zero-order valence-electron chi connectivity index (χ0n) is 9.27. The third-order valence-corrected chi connectivity index (χ3v) is 2.71. The van der Waals surface area contributed by atoms with Gasteiger partial charge in [0.2, 0.25) is 6.79 Å². The summed E-state index contributed by atoms with van der Waals surface area (Å²) in [5, 5.41) is 17.9. The number of carbonyl (C=O) groups is 1. The van der Waals surface area contributed by atoms with E-state index in [4.69, 9.17) is 19.8 Å². The number of rotatable bonds is 3. The normalized spacial score (nSPS) is 16.0. The number of benzene rings is 1. The van der Waals surface area contributed by atoms with Crippen LogP contribution in [0.15, 0.2) is 18.2 Å². The van der Waals surface area contributed by atoms with Gasteiger partial charge in [0.25, 0.3) is 0 Å². The van der Waals surface area contributed by atoms with E-state index in [1.807, 2.05) is 6.07 Å². The Morgan fingerprint density at radius 1 is 1.53 bits per heavy atom. The molecule has 0 saturated heterocycles. The van der Waals surface area contributed by atoms with Crippen LogP contribution >= 0.6 is 0 Å². The minimum absolute atomic E-state index is 0.134. The van der Waals surface area contributed by atoms with E-state index >= 15 is 0 Å². The van der Waals surface area contributed by atoms with Crippen LogP contribution in [0.25, 0.3) is 0 Å². The second-order valence-corrected chi connectivity index (χ2v) is 4.11. The fourth-order valence-corrected chi connectivity index (χ4v) is 1.62. The van der Waals surface area contributed by atoms with Crippen molar-refractivity contribution in [2.75, 3.05) is 6.79 Å². The lowest BCUT2D eigenvalue weighted by molar-refractivity contribution is -0.144. The highest BCUT2D eigenvalue weighted by molar-refractivity contribution is 5.78. The molecule has 5 heteroatoms. The lowest BCUT2D eigenvalue weighted by Crippen LogP contribution is -2.28. The summed E-state index contributed by atoms with van der Waals surface area (Å²) in [4.78, 5) is 11.0. The van der Waals surface area contributed by atoms with Crippen molar-refractivity contribution < 1.29 is 19.4 Å². The van der Waals surface area contributed by atoms with E-state index in [9.17, 15) is 4.79 Å². The van der Waals surface area contributed by atoms with Crippen LogP contribution in [-0.2, 0) is 11.2 Å². The molecule has 1 unspecified atom stereocenters. The van der Waals surface area contributed by atoms with Gasteiger partial charge in [-0.3, -0.25) is 4.79 Å². The first-order valence-electron chi connectivity index (χ1n) is 5.08. The summed E-state index contributed by atoms with van der Waals surface area (Å²) < 4.78 is 10.3. The molecule has 0 bridgehead atoms. The van der Waals surface area contributed by atoms with Crippen LogP contribution in [-0.4, -0.2) is 17.9 Å². The molecule has 1 atom stereocenters. The highest BCUT2D eigenvalue weighted by atomic mass is 16.7. The molecule has 0 aromatic heterocycles. The minimum Gasteiger partial charge on any atom is -0.480 e. The van der Waals surface area contributed by atoms with E-state index in [0.29, 0.717) is 11.5 Å². The summed E-state index contributed by atoms with van der Waals surface area (Å²) in [6.07, 6.45) is 0.134. The van der Waals surface area contributed by atoms with Crippen molar-refractivity contribution in [1.29, 1.82) is 5.26 Å². The lowest BCUT2D eigenvalue weighted by atomic mass is 9.85. The molecule has 1 N–H and O–H groups in total. The van der Waals surface area contributed by atoms with Gasteiger partial charge in [-0.15, -0.1) is 0 Å². The molecule has 88 valence electrons. The topological polar surface area (TPSA) is 79.5 Å². The summed E-state index contributed by atoms with van der Waals surface area (Å²) in [6, 6.07) is 6.99. The zero-order valence-corrected chi connectivity index (χ0v) is 9.27. The Hall–Kier alpha value is -2.22. The third-order valence-electron chi connectivity index (χ3n) is 2.71. The molecular weight excluding hydrogens is 222 g/mol. The van der Waals surface area contributed by atoms with Gasteiger partial charge in [-0.05, 0) is 24.6 Å². The molecule has 5 nitrogen and oxygen atoms in total. The van der Waals surface area contributed by atoms with Crippen LogP contribution in [0.3, 0.4) is 0 Å². The molecule has 2 rings (SSSR count). The predicted molar refractivity (Wildman–Crippen MR) is 57.6 cm³/mol. The lowest BCUT2D eigenvalue weighted by Gasteiger charge is -2.15. The predicted octanol–water partition coefficient (Wildman–Crippen LogP) is 1.57. The number of fused-ring (bicyclic) bond motifs is 1. The van der Waals surface area contributed by atoms with Crippen LogP contribution in [0, 0.1) is 16.7 Å². The van der Waals surface area contributed by atoms with Gasteiger partial charge in [-0.2, -0.15) is 5.26 Å². The Balaban J connectivity index is 2.25. The summed E-state index contributed by atoms with van der Waals surface area (Å²) in [7, 11) is 0. The molecule has 1 aliphatic rings. The second kappa shape index (κ2) is 3.98. The molecule has 0 saturated carbocycles. The second-order valence-electron chi connectivity index (χ2n) is 4.11. The smallest absolute Gasteiger partial charge is 0.324 e. The number of aliphatic carboxylic acids is 1. The van der Waals surface area contributed by atoms with Crippen molar-refractivity contribution in [2.24, 2.45) is 5.41 Å². The van der Waals surface area contributed by atoms with Gasteiger partial charge in [-0.1, -0.05) is 6.07 Å². The quantitative estimate of drug-likeness (QED) is 0.857. The van der Waals surface area contributed by atoms with Crippen molar-refractivity contribution in [3.05, 3.63) is 23.8 Å². The van der Waals surface area contributed by atoms with E-state index < -0.39 is 11.4 Å². The molecule has 0 fully saturated rings. The van der Waals surface area contributed by atoms with Crippen molar-refractivity contribution in [1.82, 2.24) is 0 Å². The number of ether oxygens (including phenoxy) is 2. The van der Waals surface area contributed by atoms with Crippen LogP contribution in [0.5, 0.6) is 11.5 Å². The number of hydrogen-bond acceptors (Lipinski definition) is 4. The molecule has 0 aliphatic carbocycles. The molecular formula is C12H11NO4. The summed E-state index contributed by atoms with van der Waals surface area (Å²) in [5.41, 5.74) is -0.686. The maximum atomic E-state index is 11.0. The van der Waals surface area contributed by atoms with Gasteiger partial charge in [0.15, 0.2) is 16.9 Å². The van der Waals surface area contributed by atoms with E-state index in [2.05, 4.69) is 0 Å². The largest absolute Gasteiger partial charge is 0.480 e. The monoisotopic (exact) mass is 233 g/mol. The third kappa shape index (κ3) is 2.02. The van der Waals surface area contributed by atoms with E-state index in [1.165, 1.54) is 6.92 Å². The van der Waals surface area contributed by atoms with Crippen LogP contribution in [0.1, 0.15) is 12.5 Å². The molecule has 1 heterocycles. The zero-order chi connectivity index (χ0) is 12.5. The molecule has 1 aromatic carbocycles. The minimum atomic E-state index is -1.42. The molecule has 1 aliphatic heterocycles. The van der Waals surface area contributed by atoms with Crippen LogP contribution in [0.2, 0.25) is 0 Å². The highest BCUT2D eigenvalue weighted by Gasteiger charge is 2.33. The maximum absolute atomic E-state index is 11.0. The molecule has 0 radical (unpaired) electrons. The van der Waals surface area contributed by atoms with Gasteiger partial charge in [0, 0.05) is 6.42 Å². The van der Waals surface area contributed by atoms with Gasteiger partial charge in [0.05, 0.1) is 6.07 Å². The highest BCUT2D eigenvalue weighted by Crippen LogP contribution is 2.34. The Bertz CT molecular complexity index is 506. The molecule has 1 aromatic rings. The van der Waals surface area contributed by atoms with E-state index in [1.54, 1.807) is 18.2 Å². The van der Waals surface area contributed by atoms with Crippen molar-refractivity contribution in [3.8, 4) is 17.6 Å². The average Bonchev–Trinajstić information content (AvgIpc) is 2.75. The van der Waals surface area contributed by atoms with Gasteiger partial charge in [-0.25, -0.2) is 0 Å². The summed E-state index contributed by atoms with van der Waals surface area (Å²) in [6.45, 7) is 1.58. The maximum Gasteiger partial charge on any atom is 0.324 e. The first-order chi connectivity index (χ1) is 8.05. The van der Waals surface area contributed by atoms with E-state index in [0.717, 1.165) is 5.56 Å². The van der Waals surface area contributed by atoms with Crippen LogP contribution < -0.4 is 9.47 Å². The Labute approximate surface area is 98.2 Å². The van der Waals surface area contributed by atoms with Crippen molar-refractivity contribution in [3.63, 3.8) is 0 Å². The van der Waals surface area contributed by atoms with Gasteiger partial charge < -0.3 is 14.6 Å².